The van der Waals surface area contributed by atoms with Gasteiger partial charge in [0.25, 0.3) is 0 Å². The number of thiophene rings is 1. The molecule has 1 saturated carbocycles. The van der Waals surface area contributed by atoms with E-state index in [-0.39, 0.29) is 22.7 Å². The Hall–Kier alpha value is -2.12. The summed E-state index contributed by atoms with van der Waals surface area (Å²) in [5.74, 6) is 2.27. The molecule has 3 unspecified atom stereocenters. The molecule has 2 aromatic carbocycles. The highest BCUT2D eigenvalue weighted by molar-refractivity contribution is 7.19. The largest absolute Gasteiger partial charge is 0.504 e. The van der Waals surface area contributed by atoms with Crippen molar-refractivity contribution in [3.05, 3.63) is 58.5 Å². The quantitative estimate of drug-likeness (QED) is 0.269. The van der Waals surface area contributed by atoms with Gasteiger partial charge in [0.05, 0.1) is 19.8 Å². The summed E-state index contributed by atoms with van der Waals surface area (Å²) in [7, 11) is 1.77. The monoisotopic (exact) mass is 577 g/mol. The summed E-state index contributed by atoms with van der Waals surface area (Å²) in [5.41, 5.74) is 2.51. The molecule has 7 rings (SSSR count). The van der Waals surface area contributed by atoms with Crippen molar-refractivity contribution in [3.8, 4) is 11.5 Å². The average molecular weight is 578 g/mol. The zero-order chi connectivity index (χ0) is 28.8. The van der Waals surface area contributed by atoms with E-state index in [0.29, 0.717) is 30.9 Å². The van der Waals surface area contributed by atoms with Gasteiger partial charge in [-0.05, 0) is 85.0 Å². The van der Waals surface area contributed by atoms with Crippen molar-refractivity contribution < 1.29 is 19.3 Å². The molecule has 1 N–H and O–H groups in total. The van der Waals surface area contributed by atoms with E-state index in [1.807, 2.05) is 31.3 Å². The van der Waals surface area contributed by atoms with E-state index in [1.54, 1.807) is 7.11 Å². The molecular formula is C35H47NO4S. The van der Waals surface area contributed by atoms with Gasteiger partial charge in [0.15, 0.2) is 11.5 Å². The van der Waals surface area contributed by atoms with Crippen LogP contribution in [0.25, 0.3) is 10.1 Å². The summed E-state index contributed by atoms with van der Waals surface area (Å²) < 4.78 is 20.1. The Morgan fingerprint density at radius 3 is 2.71 bits per heavy atom. The first-order valence-corrected chi connectivity index (χ1v) is 16.5. The van der Waals surface area contributed by atoms with Crippen molar-refractivity contribution in [1.29, 1.82) is 0 Å². The zero-order valence-electron chi connectivity index (χ0n) is 25.4. The number of piperidine rings is 1. The first-order valence-electron chi connectivity index (χ1n) is 15.7. The molecule has 2 bridgehead atoms. The third-order valence-corrected chi connectivity index (χ3v) is 10.9. The second-order valence-electron chi connectivity index (χ2n) is 13.2. The molecule has 4 aliphatic rings. The number of hydrogen-bond acceptors (Lipinski definition) is 6. The van der Waals surface area contributed by atoms with Crippen LogP contribution in [0.15, 0.2) is 42.5 Å². The number of aromatic hydroxyl groups is 1. The van der Waals surface area contributed by atoms with Gasteiger partial charge in [-0.2, -0.15) is 0 Å². The summed E-state index contributed by atoms with van der Waals surface area (Å²) in [6, 6.07) is 15.3. The molecule has 222 valence electrons. The van der Waals surface area contributed by atoms with Crippen LogP contribution in [0.3, 0.4) is 0 Å². The van der Waals surface area contributed by atoms with E-state index in [1.165, 1.54) is 45.5 Å². The second-order valence-corrected chi connectivity index (χ2v) is 14.4. The molecule has 41 heavy (non-hydrogen) atoms. The Morgan fingerprint density at radius 2 is 1.95 bits per heavy atom. The van der Waals surface area contributed by atoms with Gasteiger partial charge in [0, 0.05) is 40.3 Å². The molecule has 1 spiro atoms. The smallest absolute Gasteiger partial charge is 0.165 e. The van der Waals surface area contributed by atoms with Crippen LogP contribution in [-0.2, 0) is 27.9 Å². The summed E-state index contributed by atoms with van der Waals surface area (Å²) >= 11 is 1.83. The third-order valence-electron chi connectivity index (χ3n) is 9.85. The van der Waals surface area contributed by atoms with Gasteiger partial charge in [-0.25, -0.2) is 0 Å². The van der Waals surface area contributed by atoms with Gasteiger partial charge < -0.3 is 19.3 Å². The molecule has 2 aliphatic heterocycles. The standard InChI is InChI=1S/C33H41NO4S.C2H6/c1-32(2,20-37-18-24-14-22-6-4-5-7-28(22)39-24)16-25-26-15-23-10-11-27(35)31-30(23)33(25,29(38-31)19-36-3)12-13-34(26)17-21-8-9-21;1-2/h4-7,10-11,14,21,25-26,29,35H,8-9,12-13,15-20H2,1-3H3;1-2H3/t25?,26?,29-,33?;/m0./s1. The molecule has 3 heterocycles. The van der Waals surface area contributed by atoms with Crippen LogP contribution in [-0.4, -0.2) is 55.6 Å². The molecule has 6 heteroatoms. The lowest BCUT2D eigenvalue weighted by molar-refractivity contribution is -0.0707. The summed E-state index contributed by atoms with van der Waals surface area (Å²) in [6.45, 7) is 13.0. The molecule has 0 amide bonds. The molecule has 5 nitrogen and oxygen atoms in total. The third kappa shape index (κ3) is 5.30. The van der Waals surface area contributed by atoms with Gasteiger partial charge in [0.1, 0.15) is 6.10 Å². The van der Waals surface area contributed by atoms with Gasteiger partial charge >= 0.3 is 0 Å². The van der Waals surface area contributed by atoms with Crippen LogP contribution < -0.4 is 4.74 Å². The van der Waals surface area contributed by atoms with Crippen molar-refractivity contribution in [2.45, 2.75) is 84.0 Å². The van der Waals surface area contributed by atoms with Crippen LogP contribution in [0, 0.1) is 17.3 Å². The number of fused-ring (bicyclic) bond motifs is 2. The minimum absolute atomic E-state index is 0.00386. The molecule has 1 aromatic heterocycles. The fraction of sp³-hybridized carbons (Fsp3) is 0.600. The fourth-order valence-electron chi connectivity index (χ4n) is 8.01. The molecular weight excluding hydrogens is 530 g/mol. The topological polar surface area (TPSA) is 51.2 Å². The Kier molecular flexibility index (Phi) is 8.14. The maximum Gasteiger partial charge on any atom is 0.165 e. The fourth-order valence-corrected chi connectivity index (χ4v) is 9.01. The minimum atomic E-state index is -0.134. The maximum atomic E-state index is 10.9. The van der Waals surface area contributed by atoms with Gasteiger partial charge in [0.2, 0.25) is 0 Å². The van der Waals surface area contributed by atoms with Crippen LogP contribution in [0.2, 0.25) is 0 Å². The van der Waals surface area contributed by atoms with E-state index in [2.05, 4.69) is 55.1 Å². The first kappa shape index (κ1) is 29.0. The Labute approximate surface area is 249 Å². The average Bonchev–Trinajstić information content (AvgIpc) is 3.58. The second kappa shape index (κ2) is 11.5. The Morgan fingerprint density at radius 1 is 1.15 bits per heavy atom. The van der Waals surface area contributed by atoms with E-state index in [0.717, 1.165) is 38.3 Å². The van der Waals surface area contributed by atoms with Crippen LogP contribution in [0.5, 0.6) is 11.5 Å². The molecule has 2 fully saturated rings. The first-order chi connectivity index (χ1) is 19.9. The number of phenols is 1. The Balaban J connectivity index is 0.00000148. The lowest BCUT2D eigenvalue weighted by atomic mass is 9.53. The number of rotatable bonds is 10. The lowest BCUT2D eigenvalue weighted by Crippen LogP contribution is -2.64. The van der Waals surface area contributed by atoms with Crippen molar-refractivity contribution >= 4 is 21.4 Å². The van der Waals surface area contributed by atoms with Crippen molar-refractivity contribution in [2.24, 2.45) is 17.3 Å². The van der Waals surface area contributed by atoms with Crippen molar-refractivity contribution in [2.75, 3.05) is 33.4 Å². The van der Waals surface area contributed by atoms with Crippen LogP contribution in [0.4, 0.5) is 0 Å². The molecule has 4 atom stereocenters. The highest BCUT2D eigenvalue weighted by Gasteiger charge is 2.63. The van der Waals surface area contributed by atoms with E-state index in [4.69, 9.17) is 14.2 Å². The number of benzene rings is 2. The molecule has 0 radical (unpaired) electrons. The predicted molar refractivity (Wildman–Crippen MR) is 167 cm³/mol. The van der Waals surface area contributed by atoms with Gasteiger partial charge in [-0.15, -0.1) is 11.3 Å². The van der Waals surface area contributed by atoms with E-state index >= 15 is 0 Å². The minimum Gasteiger partial charge on any atom is -0.504 e. The van der Waals surface area contributed by atoms with Crippen molar-refractivity contribution in [1.82, 2.24) is 4.90 Å². The van der Waals surface area contributed by atoms with Gasteiger partial charge in [-0.3, -0.25) is 4.90 Å². The molecule has 3 aromatic rings. The normalized spacial score (nSPS) is 26.8. The zero-order valence-corrected chi connectivity index (χ0v) is 26.3. The highest BCUT2D eigenvalue weighted by Crippen LogP contribution is 2.62. The molecule has 1 saturated heterocycles. The number of methoxy groups -OCH3 is 1. The maximum absolute atomic E-state index is 10.9. The predicted octanol–water partition coefficient (Wildman–Crippen LogP) is 7.57. The molecule has 2 aliphatic carbocycles. The van der Waals surface area contributed by atoms with E-state index in [9.17, 15) is 5.11 Å². The van der Waals surface area contributed by atoms with Gasteiger partial charge in [-0.1, -0.05) is 52.0 Å². The summed E-state index contributed by atoms with van der Waals surface area (Å²) in [6.07, 6.45) is 5.82. The highest BCUT2D eigenvalue weighted by atomic mass is 32.1. The van der Waals surface area contributed by atoms with Crippen molar-refractivity contribution in [3.63, 3.8) is 0 Å². The Bertz CT molecular complexity index is 1330. The summed E-state index contributed by atoms with van der Waals surface area (Å²) in [5, 5.41) is 12.2. The number of phenolic OH excluding ortho intramolecular Hbond substituents is 1. The number of ether oxygens (including phenoxy) is 3. The van der Waals surface area contributed by atoms with Crippen LogP contribution in [0.1, 0.15) is 69.4 Å². The number of hydrogen-bond donors (Lipinski definition) is 1. The lowest BCUT2D eigenvalue weighted by Gasteiger charge is -2.57. The SMILES string of the molecule is CC.COC[C@@H]1Oc2c(O)ccc3c2C12CCN(CC1CC1)C(C3)C2CC(C)(C)COCc1cc2ccccc2s1. The summed E-state index contributed by atoms with van der Waals surface area (Å²) in [4.78, 5) is 4.09. The number of likely N-dealkylation sites (tertiary alicyclic amines) is 1. The number of nitrogens with zero attached hydrogens (tertiary/aromatic N) is 1. The van der Waals surface area contributed by atoms with E-state index < -0.39 is 0 Å². The van der Waals surface area contributed by atoms with Crippen LogP contribution >= 0.6 is 11.3 Å².